The number of unbranched alkanes of at least 4 members (excludes halogenated alkanes) is 2. The van der Waals surface area contributed by atoms with Crippen LogP contribution in [0.15, 0.2) is 0 Å². The molecule has 0 aromatic heterocycles. The Labute approximate surface area is 126 Å². The zero-order valence-electron chi connectivity index (χ0n) is 14.0. The van der Waals surface area contributed by atoms with Crippen molar-refractivity contribution in [1.82, 2.24) is 0 Å². The van der Waals surface area contributed by atoms with Crippen LogP contribution in [0.1, 0.15) is 79.1 Å². The van der Waals surface area contributed by atoms with E-state index >= 15 is 0 Å². The minimum atomic E-state index is -3.46. The van der Waals surface area contributed by atoms with E-state index < -0.39 is 7.94 Å². The Bertz CT molecular complexity index is 222. The van der Waals surface area contributed by atoms with Gasteiger partial charge in [-0.05, 0) is 0 Å². The predicted molar refractivity (Wildman–Crippen MR) is 90.2 cm³/mol. The molecule has 20 heavy (non-hydrogen) atoms. The predicted octanol–water partition coefficient (Wildman–Crippen LogP) is 4.92. The summed E-state index contributed by atoms with van der Waals surface area (Å²) in [5.74, 6) is 0.865. The van der Waals surface area contributed by atoms with E-state index in [0.29, 0.717) is 24.6 Å². The summed E-state index contributed by atoms with van der Waals surface area (Å²) in [4.78, 5) is 20.3. The van der Waals surface area contributed by atoms with Crippen molar-refractivity contribution >= 4 is 7.94 Å². The van der Waals surface area contributed by atoms with Gasteiger partial charge in [-0.3, -0.25) is 0 Å². The van der Waals surface area contributed by atoms with Crippen LogP contribution in [0, 0.1) is 11.8 Å². The van der Waals surface area contributed by atoms with Crippen molar-refractivity contribution in [3.8, 4) is 0 Å². The van der Waals surface area contributed by atoms with Crippen LogP contribution in [0.5, 0.6) is 0 Å². The Morgan fingerprint density at radius 3 is 1.80 bits per heavy atom. The summed E-state index contributed by atoms with van der Waals surface area (Å²) in [7, 11) is -3.46. The second-order valence-electron chi connectivity index (χ2n) is 6.09. The zero-order valence-corrected chi connectivity index (χ0v) is 15.0. The quantitative estimate of drug-likeness (QED) is 0.475. The van der Waals surface area contributed by atoms with E-state index in [9.17, 15) is 9.79 Å². The molecule has 0 amide bonds. The topological polar surface area (TPSA) is 49.7 Å². The maximum absolute atomic E-state index is 10.2. The van der Waals surface area contributed by atoms with Gasteiger partial charge >= 0.3 is 126 Å². The molecule has 0 aromatic carbocycles. The van der Waals surface area contributed by atoms with E-state index in [1.165, 1.54) is 12.8 Å². The van der Waals surface area contributed by atoms with Crippen LogP contribution in [-0.2, 0) is 4.52 Å². The van der Waals surface area contributed by atoms with Crippen molar-refractivity contribution < 1.29 is 14.3 Å². The molecule has 0 bridgehead atoms. The summed E-state index contributed by atoms with van der Waals surface area (Å²) >= 11 is 0. The van der Waals surface area contributed by atoms with E-state index in [1.807, 2.05) is 0 Å². The van der Waals surface area contributed by atoms with Crippen LogP contribution in [0.4, 0.5) is 0 Å². The fraction of sp³-hybridized carbons (Fsp3) is 1.00. The Morgan fingerprint density at radius 2 is 1.35 bits per heavy atom. The molecule has 0 radical (unpaired) electrons. The molecule has 0 heterocycles. The van der Waals surface area contributed by atoms with Crippen molar-refractivity contribution in [2.75, 3.05) is 12.8 Å². The molecule has 0 spiro atoms. The third-order valence-electron chi connectivity index (χ3n) is 4.19. The third kappa shape index (κ3) is 10.1. The van der Waals surface area contributed by atoms with Crippen LogP contribution in [0.2, 0.25) is 0 Å². The van der Waals surface area contributed by atoms with Crippen molar-refractivity contribution in [1.29, 1.82) is 0 Å². The first-order valence-electron chi connectivity index (χ1n) is 8.57. The number of rotatable bonds is 13. The maximum atomic E-state index is 10.2. The standard InChI is InChI=1S/C16H37O3P/c1-5-9-11-15(7-3)13-19-20(17,18)14-16(8-4)12-10-6-2/h15-18,20H,5-14H2,1-4H3. The van der Waals surface area contributed by atoms with Gasteiger partial charge < -0.3 is 0 Å². The molecule has 2 unspecified atom stereocenters. The molecule has 0 aromatic rings. The molecule has 0 rings (SSSR count). The molecular weight excluding hydrogens is 271 g/mol. The van der Waals surface area contributed by atoms with E-state index in [1.54, 1.807) is 0 Å². The van der Waals surface area contributed by atoms with Gasteiger partial charge in [0.15, 0.2) is 0 Å². The first-order chi connectivity index (χ1) is 9.49. The Balaban J connectivity index is 4.13. The van der Waals surface area contributed by atoms with E-state index in [2.05, 4.69) is 27.7 Å². The summed E-state index contributed by atoms with van der Waals surface area (Å²) < 4.78 is 5.54. The van der Waals surface area contributed by atoms with Gasteiger partial charge in [0, 0.05) is 0 Å². The van der Waals surface area contributed by atoms with Gasteiger partial charge in [-0.1, -0.05) is 0 Å². The molecule has 0 aliphatic carbocycles. The van der Waals surface area contributed by atoms with E-state index in [-0.39, 0.29) is 0 Å². The first kappa shape index (κ1) is 20.3. The van der Waals surface area contributed by atoms with E-state index in [0.717, 1.165) is 38.5 Å². The number of hydrogen-bond donors (Lipinski definition) is 2. The van der Waals surface area contributed by atoms with Gasteiger partial charge in [-0.2, -0.15) is 0 Å². The van der Waals surface area contributed by atoms with Gasteiger partial charge in [0.25, 0.3) is 0 Å². The fourth-order valence-electron chi connectivity index (χ4n) is 2.53. The van der Waals surface area contributed by atoms with Gasteiger partial charge in [0.1, 0.15) is 0 Å². The average molecular weight is 308 g/mol. The molecule has 0 aliphatic heterocycles. The van der Waals surface area contributed by atoms with Gasteiger partial charge in [0.2, 0.25) is 0 Å². The second kappa shape index (κ2) is 11.9. The average Bonchev–Trinajstić information content (AvgIpc) is 2.43. The number of hydrogen-bond acceptors (Lipinski definition) is 3. The Morgan fingerprint density at radius 1 is 0.850 bits per heavy atom. The van der Waals surface area contributed by atoms with Crippen molar-refractivity contribution in [2.24, 2.45) is 11.8 Å². The van der Waals surface area contributed by atoms with Crippen LogP contribution in [0.3, 0.4) is 0 Å². The molecule has 124 valence electrons. The van der Waals surface area contributed by atoms with Gasteiger partial charge in [0.05, 0.1) is 0 Å². The van der Waals surface area contributed by atoms with Crippen molar-refractivity contribution in [3.05, 3.63) is 0 Å². The van der Waals surface area contributed by atoms with Crippen molar-refractivity contribution in [3.63, 3.8) is 0 Å². The molecule has 2 atom stereocenters. The minimum absolute atomic E-state index is 0.396. The fourth-order valence-corrected chi connectivity index (χ4v) is 4.39. The molecule has 2 N–H and O–H groups in total. The van der Waals surface area contributed by atoms with Crippen LogP contribution in [-0.4, -0.2) is 22.6 Å². The molecule has 4 heteroatoms. The normalized spacial score (nSPS) is 16.1. The first-order valence-corrected chi connectivity index (χ1v) is 10.6. The van der Waals surface area contributed by atoms with Crippen LogP contribution < -0.4 is 0 Å². The molecular formula is C16H37O3P. The molecule has 0 fully saturated rings. The third-order valence-corrected chi connectivity index (χ3v) is 5.93. The monoisotopic (exact) mass is 308 g/mol. The molecule has 3 nitrogen and oxygen atoms in total. The van der Waals surface area contributed by atoms with Crippen LogP contribution in [0.25, 0.3) is 0 Å². The molecule has 0 saturated carbocycles. The summed E-state index contributed by atoms with van der Waals surface area (Å²) in [6.45, 7) is 9.15. The van der Waals surface area contributed by atoms with Crippen LogP contribution >= 0.6 is 7.94 Å². The zero-order chi connectivity index (χ0) is 15.4. The summed E-state index contributed by atoms with van der Waals surface area (Å²) in [6.07, 6.45) is 9.45. The summed E-state index contributed by atoms with van der Waals surface area (Å²) in [6, 6.07) is 0. The summed E-state index contributed by atoms with van der Waals surface area (Å²) in [5.41, 5.74) is 0. The molecule has 0 aliphatic rings. The Kier molecular flexibility index (Phi) is 12.1. The van der Waals surface area contributed by atoms with Gasteiger partial charge in [-0.15, -0.1) is 0 Å². The van der Waals surface area contributed by atoms with Gasteiger partial charge in [-0.25, -0.2) is 0 Å². The second-order valence-corrected chi connectivity index (χ2v) is 8.27. The molecule has 0 saturated heterocycles. The van der Waals surface area contributed by atoms with E-state index in [4.69, 9.17) is 4.52 Å². The van der Waals surface area contributed by atoms with Crippen molar-refractivity contribution in [2.45, 2.75) is 79.1 Å². The SMILES string of the molecule is CCCCC(CC)CO[PH](O)(O)CC(CC)CCCC. The summed E-state index contributed by atoms with van der Waals surface area (Å²) in [5, 5.41) is 0. The Hall–Kier alpha value is 0.310.